The van der Waals surface area contributed by atoms with Crippen LogP contribution in [0.2, 0.25) is 0 Å². The molecule has 0 aliphatic heterocycles. The number of anilines is 2. The van der Waals surface area contributed by atoms with Crippen molar-refractivity contribution in [3.05, 3.63) is 90.0 Å². The summed E-state index contributed by atoms with van der Waals surface area (Å²) in [6.45, 7) is 6.22. The number of para-hydroxylation sites is 1. The van der Waals surface area contributed by atoms with Crippen molar-refractivity contribution < 1.29 is 13.2 Å². The van der Waals surface area contributed by atoms with E-state index in [9.17, 15) is 13.2 Å². The van der Waals surface area contributed by atoms with Crippen LogP contribution in [0.4, 0.5) is 11.4 Å². The van der Waals surface area contributed by atoms with Crippen LogP contribution < -0.4 is 9.62 Å². The van der Waals surface area contributed by atoms with E-state index in [2.05, 4.69) is 31.3 Å². The first-order chi connectivity index (χ1) is 15.2. The lowest BCUT2D eigenvalue weighted by molar-refractivity contribution is -0.117. The molecule has 3 aromatic carbocycles. The highest BCUT2D eigenvalue weighted by Crippen LogP contribution is 2.24. The fourth-order valence-electron chi connectivity index (χ4n) is 3.46. The topological polar surface area (TPSA) is 66.5 Å². The van der Waals surface area contributed by atoms with Crippen molar-refractivity contribution in [2.45, 2.75) is 38.0 Å². The minimum absolute atomic E-state index is 0.140. The van der Waals surface area contributed by atoms with Gasteiger partial charge in [0, 0.05) is 12.7 Å². The third kappa shape index (κ3) is 5.56. The Balaban J connectivity index is 1.68. The summed E-state index contributed by atoms with van der Waals surface area (Å²) in [5.74, 6) is 0.121. The molecule has 1 amide bonds. The molecule has 5 nitrogen and oxygen atoms in total. The Morgan fingerprint density at radius 1 is 0.875 bits per heavy atom. The summed E-state index contributed by atoms with van der Waals surface area (Å²) in [5, 5.41) is 2.88. The summed E-state index contributed by atoms with van der Waals surface area (Å²) in [6, 6.07) is 23.3. The molecule has 0 bridgehead atoms. The zero-order valence-electron chi connectivity index (χ0n) is 18.9. The van der Waals surface area contributed by atoms with Crippen molar-refractivity contribution in [3.63, 3.8) is 0 Å². The molecule has 0 heterocycles. The first-order valence-corrected chi connectivity index (χ1v) is 12.2. The minimum atomic E-state index is -3.69. The number of amides is 1. The number of rotatable bonds is 8. The Morgan fingerprint density at radius 3 is 2.03 bits per heavy atom. The molecular formula is C26H30N2O3S. The van der Waals surface area contributed by atoms with Gasteiger partial charge in [0.1, 0.15) is 0 Å². The third-order valence-electron chi connectivity index (χ3n) is 5.42. The molecule has 3 aromatic rings. The second-order valence-electron chi connectivity index (χ2n) is 8.38. The van der Waals surface area contributed by atoms with Crippen molar-refractivity contribution in [2.75, 3.05) is 16.7 Å². The van der Waals surface area contributed by atoms with E-state index in [1.54, 1.807) is 36.4 Å². The maximum Gasteiger partial charge on any atom is 0.264 e. The lowest BCUT2D eigenvalue weighted by atomic mass is 9.96. The number of hydrogen-bond acceptors (Lipinski definition) is 3. The van der Waals surface area contributed by atoms with Gasteiger partial charge in [0.15, 0.2) is 0 Å². The summed E-state index contributed by atoms with van der Waals surface area (Å²) in [7, 11) is -2.17. The Kier molecular flexibility index (Phi) is 7.36. The predicted octanol–water partition coefficient (Wildman–Crippen LogP) is 5.45. The molecule has 3 rings (SSSR count). The van der Waals surface area contributed by atoms with Crippen LogP contribution in [0.5, 0.6) is 0 Å². The maximum absolute atomic E-state index is 12.9. The first-order valence-electron chi connectivity index (χ1n) is 10.7. The normalized spacial score (nSPS) is 12.4. The zero-order chi connectivity index (χ0) is 23.3. The van der Waals surface area contributed by atoms with Crippen LogP contribution >= 0.6 is 0 Å². The van der Waals surface area contributed by atoms with Crippen molar-refractivity contribution >= 4 is 27.3 Å². The van der Waals surface area contributed by atoms with Crippen LogP contribution in [-0.4, -0.2) is 21.4 Å². The third-order valence-corrected chi connectivity index (χ3v) is 7.22. The Bertz CT molecular complexity index is 1140. The van der Waals surface area contributed by atoms with Gasteiger partial charge in [0.05, 0.1) is 16.5 Å². The summed E-state index contributed by atoms with van der Waals surface area (Å²) in [4.78, 5) is 12.9. The first kappa shape index (κ1) is 23.5. The van der Waals surface area contributed by atoms with Crippen LogP contribution in [0.1, 0.15) is 37.8 Å². The number of sulfonamides is 1. The van der Waals surface area contributed by atoms with Gasteiger partial charge in [-0.25, -0.2) is 8.42 Å². The highest BCUT2D eigenvalue weighted by molar-refractivity contribution is 7.92. The number of hydrogen-bond donors (Lipinski definition) is 1. The van der Waals surface area contributed by atoms with Crippen molar-refractivity contribution in [2.24, 2.45) is 5.92 Å². The summed E-state index contributed by atoms with van der Waals surface area (Å²) in [5.41, 5.74) is 3.34. The molecule has 0 aromatic heterocycles. The monoisotopic (exact) mass is 450 g/mol. The van der Waals surface area contributed by atoms with Gasteiger partial charge in [-0.05, 0) is 66.8 Å². The standard InChI is InChI=1S/C26H30N2O3S/c1-19(2)18-21-10-12-22(13-11-21)20(3)26(29)27-23-14-16-25(17-15-23)32(30,31)28(4)24-8-6-5-7-9-24/h5-17,19-20H,18H2,1-4H3,(H,27,29). The lowest BCUT2D eigenvalue weighted by Gasteiger charge is -2.19. The van der Waals surface area contributed by atoms with Gasteiger partial charge in [0.2, 0.25) is 5.91 Å². The second kappa shape index (κ2) is 10.0. The quantitative estimate of drug-likeness (QED) is 0.496. The zero-order valence-corrected chi connectivity index (χ0v) is 19.8. The minimum Gasteiger partial charge on any atom is -0.326 e. The van der Waals surface area contributed by atoms with Crippen molar-refractivity contribution in [1.29, 1.82) is 0 Å². The molecule has 0 aliphatic rings. The number of carbonyl (C=O) groups excluding carboxylic acids is 1. The summed E-state index contributed by atoms with van der Waals surface area (Å²) in [6.07, 6.45) is 1.01. The molecule has 168 valence electrons. The van der Waals surface area contributed by atoms with Gasteiger partial charge in [-0.2, -0.15) is 0 Å². The Hall–Kier alpha value is -3.12. The predicted molar refractivity (Wildman–Crippen MR) is 131 cm³/mol. The van der Waals surface area contributed by atoms with E-state index in [4.69, 9.17) is 0 Å². The molecule has 0 spiro atoms. The smallest absolute Gasteiger partial charge is 0.264 e. The van der Waals surface area contributed by atoms with Gasteiger partial charge in [-0.1, -0.05) is 56.3 Å². The molecule has 1 unspecified atom stereocenters. The van der Waals surface area contributed by atoms with Crippen molar-refractivity contribution in [1.82, 2.24) is 0 Å². The van der Waals surface area contributed by atoms with Crippen molar-refractivity contribution in [3.8, 4) is 0 Å². The average Bonchev–Trinajstić information content (AvgIpc) is 2.79. The SMILES string of the molecule is CC(C)Cc1ccc(C(C)C(=O)Nc2ccc(S(=O)(=O)N(C)c3ccccc3)cc2)cc1. The van der Waals surface area contributed by atoms with Crippen LogP contribution in [0.15, 0.2) is 83.8 Å². The fourth-order valence-corrected chi connectivity index (χ4v) is 4.66. The van der Waals surface area contributed by atoms with Crippen LogP contribution in [0.3, 0.4) is 0 Å². The van der Waals surface area contributed by atoms with E-state index in [-0.39, 0.29) is 16.7 Å². The highest BCUT2D eigenvalue weighted by Gasteiger charge is 2.21. The lowest BCUT2D eigenvalue weighted by Crippen LogP contribution is -2.26. The van der Waals surface area contributed by atoms with Gasteiger partial charge < -0.3 is 5.32 Å². The van der Waals surface area contributed by atoms with Gasteiger partial charge in [0.25, 0.3) is 10.0 Å². The summed E-state index contributed by atoms with van der Waals surface area (Å²) >= 11 is 0. The van der Waals surface area contributed by atoms with Crippen LogP contribution in [0, 0.1) is 5.92 Å². The Labute approximate surface area is 191 Å². The van der Waals surface area contributed by atoms with E-state index in [1.165, 1.54) is 29.0 Å². The van der Waals surface area contributed by atoms with Crippen LogP contribution in [-0.2, 0) is 21.2 Å². The van der Waals surface area contributed by atoms with E-state index < -0.39 is 10.0 Å². The molecule has 1 atom stereocenters. The molecule has 0 saturated carbocycles. The maximum atomic E-state index is 12.9. The summed E-state index contributed by atoms with van der Waals surface area (Å²) < 4.78 is 27.0. The highest BCUT2D eigenvalue weighted by atomic mass is 32.2. The van der Waals surface area contributed by atoms with Gasteiger partial charge >= 0.3 is 0 Å². The molecule has 0 saturated heterocycles. The van der Waals surface area contributed by atoms with E-state index >= 15 is 0 Å². The molecule has 0 radical (unpaired) electrons. The van der Waals surface area contributed by atoms with E-state index in [1.807, 2.05) is 25.1 Å². The molecule has 6 heteroatoms. The van der Waals surface area contributed by atoms with E-state index in [0.717, 1.165) is 12.0 Å². The molecule has 0 aliphatic carbocycles. The van der Waals surface area contributed by atoms with E-state index in [0.29, 0.717) is 17.3 Å². The van der Waals surface area contributed by atoms with Gasteiger partial charge in [-0.15, -0.1) is 0 Å². The van der Waals surface area contributed by atoms with Crippen LogP contribution in [0.25, 0.3) is 0 Å². The molecule has 1 N–H and O–H groups in total. The average molecular weight is 451 g/mol. The second-order valence-corrected chi connectivity index (χ2v) is 10.4. The molecular weight excluding hydrogens is 420 g/mol. The molecule has 0 fully saturated rings. The number of benzene rings is 3. The number of carbonyl (C=O) groups is 1. The fraction of sp³-hybridized carbons (Fsp3) is 0.269. The Morgan fingerprint density at radius 2 is 1.47 bits per heavy atom. The van der Waals surface area contributed by atoms with Gasteiger partial charge in [-0.3, -0.25) is 9.10 Å². The number of nitrogens with one attached hydrogen (secondary N) is 1. The molecule has 32 heavy (non-hydrogen) atoms. The number of nitrogens with zero attached hydrogens (tertiary/aromatic N) is 1. The largest absolute Gasteiger partial charge is 0.326 e.